The number of aryl methyl sites for hydroxylation is 1. The van der Waals surface area contributed by atoms with E-state index >= 15 is 0 Å². The first kappa shape index (κ1) is 15.6. The molecule has 0 aliphatic heterocycles. The number of nitrogens with zero attached hydrogens (tertiary/aromatic N) is 2. The van der Waals surface area contributed by atoms with Crippen LogP contribution in [0, 0.1) is 0 Å². The fraction of sp³-hybridized carbons (Fsp3) is 0.444. The van der Waals surface area contributed by atoms with Crippen molar-refractivity contribution in [3.05, 3.63) is 36.0 Å². The van der Waals surface area contributed by atoms with E-state index in [0.29, 0.717) is 12.2 Å². The fourth-order valence-corrected chi connectivity index (χ4v) is 3.63. The van der Waals surface area contributed by atoms with Crippen molar-refractivity contribution < 1.29 is 9.59 Å². The molecule has 23 heavy (non-hydrogen) atoms. The number of primary amides is 1. The first-order valence-electron chi connectivity index (χ1n) is 8.29. The summed E-state index contributed by atoms with van der Waals surface area (Å²) < 4.78 is 2.01. The van der Waals surface area contributed by atoms with Crippen LogP contribution in [-0.4, -0.2) is 33.9 Å². The molecule has 5 heteroatoms. The minimum absolute atomic E-state index is 0.00522. The molecule has 0 saturated heterocycles. The zero-order chi connectivity index (χ0) is 16.4. The lowest BCUT2D eigenvalue weighted by molar-refractivity contribution is -0.119. The molecule has 122 valence electrons. The van der Waals surface area contributed by atoms with Gasteiger partial charge in [-0.05, 0) is 31.9 Å². The molecule has 2 aromatic rings. The van der Waals surface area contributed by atoms with E-state index in [1.165, 1.54) is 0 Å². The van der Waals surface area contributed by atoms with Crippen LogP contribution in [0.3, 0.4) is 0 Å². The van der Waals surface area contributed by atoms with Gasteiger partial charge in [-0.25, -0.2) is 0 Å². The SMILES string of the molecule is CCn1c(C(=O)N(CC(N)=O)C2CCCC2)cc2ccccc21. The maximum absolute atomic E-state index is 13.1. The summed E-state index contributed by atoms with van der Waals surface area (Å²) in [6.45, 7) is 2.73. The molecule has 0 spiro atoms. The second-order valence-electron chi connectivity index (χ2n) is 6.17. The van der Waals surface area contributed by atoms with Gasteiger partial charge in [0.25, 0.3) is 5.91 Å². The second kappa shape index (κ2) is 6.44. The number of rotatable bonds is 5. The summed E-state index contributed by atoms with van der Waals surface area (Å²) in [5.74, 6) is -0.543. The van der Waals surface area contributed by atoms with E-state index in [0.717, 1.165) is 36.6 Å². The Bertz CT molecular complexity index is 729. The monoisotopic (exact) mass is 313 g/mol. The molecule has 0 unspecified atom stereocenters. The number of hydrogen-bond acceptors (Lipinski definition) is 2. The minimum Gasteiger partial charge on any atom is -0.368 e. The van der Waals surface area contributed by atoms with Crippen LogP contribution >= 0.6 is 0 Å². The Morgan fingerprint density at radius 2 is 1.96 bits per heavy atom. The molecule has 3 rings (SSSR count). The van der Waals surface area contributed by atoms with E-state index in [9.17, 15) is 9.59 Å². The summed E-state index contributed by atoms with van der Waals surface area (Å²) in [6.07, 6.45) is 4.10. The van der Waals surface area contributed by atoms with Crippen LogP contribution in [0.25, 0.3) is 10.9 Å². The smallest absolute Gasteiger partial charge is 0.271 e. The standard InChI is InChI=1S/C18H23N3O2/c1-2-20-15-10-6-3-7-13(15)11-16(20)18(23)21(12-17(19)22)14-8-4-5-9-14/h3,6-7,10-11,14H,2,4-5,8-9,12H2,1H3,(H2,19,22). The van der Waals surface area contributed by atoms with Crippen LogP contribution in [-0.2, 0) is 11.3 Å². The first-order valence-corrected chi connectivity index (χ1v) is 8.29. The van der Waals surface area contributed by atoms with E-state index in [2.05, 4.69) is 0 Å². The number of fused-ring (bicyclic) bond motifs is 1. The third-order valence-corrected chi connectivity index (χ3v) is 4.70. The Hall–Kier alpha value is -2.30. The average molecular weight is 313 g/mol. The molecular formula is C18H23N3O2. The highest BCUT2D eigenvalue weighted by Crippen LogP contribution is 2.27. The number of carbonyl (C=O) groups is 2. The summed E-state index contributed by atoms with van der Waals surface area (Å²) in [6, 6.07) is 10.0. The zero-order valence-electron chi connectivity index (χ0n) is 13.5. The number of nitrogens with two attached hydrogens (primary N) is 1. The van der Waals surface area contributed by atoms with Crippen LogP contribution in [0.4, 0.5) is 0 Å². The summed E-state index contributed by atoms with van der Waals surface area (Å²) in [5, 5.41) is 1.04. The molecule has 1 saturated carbocycles. The van der Waals surface area contributed by atoms with E-state index in [-0.39, 0.29) is 18.5 Å². The Kier molecular flexibility index (Phi) is 4.37. The van der Waals surface area contributed by atoms with E-state index in [1.807, 2.05) is 41.8 Å². The van der Waals surface area contributed by atoms with Crippen molar-refractivity contribution in [2.75, 3.05) is 6.54 Å². The molecule has 1 aromatic carbocycles. The molecule has 1 aliphatic rings. The van der Waals surface area contributed by atoms with Crippen molar-refractivity contribution in [2.45, 2.75) is 45.2 Å². The number of amides is 2. The predicted octanol–water partition coefficient (Wildman–Crippen LogP) is 2.53. The Morgan fingerprint density at radius 1 is 1.26 bits per heavy atom. The van der Waals surface area contributed by atoms with E-state index in [4.69, 9.17) is 5.73 Å². The number of para-hydroxylation sites is 1. The molecule has 1 aliphatic carbocycles. The quantitative estimate of drug-likeness (QED) is 0.921. The van der Waals surface area contributed by atoms with E-state index in [1.54, 1.807) is 4.90 Å². The van der Waals surface area contributed by atoms with Gasteiger partial charge in [-0.1, -0.05) is 31.0 Å². The van der Waals surface area contributed by atoms with Crippen molar-refractivity contribution >= 4 is 22.7 Å². The van der Waals surface area contributed by atoms with Crippen LogP contribution in [0.1, 0.15) is 43.1 Å². The summed E-state index contributed by atoms with van der Waals surface area (Å²) in [4.78, 5) is 26.2. The van der Waals surface area contributed by atoms with Gasteiger partial charge in [0, 0.05) is 23.5 Å². The number of hydrogen-bond donors (Lipinski definition) is 1. The summed E-state index contributed by atoms with van der Waals surface area (Å²) >= 11 is 0. The lowest BCUT2D eigenvalue weighted by Gasteiger charge is -2.28. The number of benzene rings is 1. The van der Waals surface area contributed by atoms with Crippen molar-refractivity contribution in [3.63, 3.8) is 0 Å². The summed E-state index contributed by atoms with van der Waals surface area (Å²) in [7, 11) is 0. The van der Waals surface area contributed by atoms with Gasteiger partial charge in [-0.2, -0.15) is 0 Å². The zero-order valence-corrected chi connectivity index (χ0v) is 13.5. The lowest BCUT2D eigenvalue weighted by atomic mass is 10.2. The molecule has 1 fully saturated rings. The molecule has 0 radical (unpaired) electrons. The first-order chi connectivity index (χ1) is 11.1. The maximum atomic E-state index is 13.1. The van der Waals surface area contributed by atoms with Gasteiger partial charge in [-0.15, -0.1) is 0 Å². The van der Waals surface area contributed by atoms with Crippen molar-refractivity contribution in [1.29, 1.82) is 0 Å². The fourth-order valence-electron chi connectivity index (χ4n) is 3.63. The normalized spacial score (nSPS) is 15.2. The van der Waals surface area contributed by atoms with Gasteiger partial charge < -0.3 is 15.2 Å². The summed E-state index contributed by atoms with van der Waals surface area (Å²) in [5.41, 5.74) is 7.07. The molecule has 0 atom stereocenters. The number of aromatic nitrogens is 1. The highest BCUT2D eigenvalue weighted by molar-refractivity contribution is 6.00. The van der Waals surface area contributed by atoms with Gasteiger partial charge in [0.05, 0.1) is 6.54 Å². The molecule has 1 heterocycles. The van der Waals surface area contributed by atoms with E-state index < -0.39 is 5.91 Å². The molecule has 5 nitrogen and oxygen atoms in total. The van der Waals surface area contributed by atoms with Crippen LogP contribution in [0.5, 0.6) is 0 Å². The highest BCUT2D eigenvalue weighted by atomic mass is 16.2. The van der Waals surface area contributed by atoms with Gasteiger partial charge in [-0.3, -0.25) is 9.59 Å². The second-order valence-corrected chi connectivity index (χ2v) is 6.17. The van der Waals surface area contributed by atoms with Crippen molar-refractivity contribution in [2.24, 2.45) is 5.73 Å². The lowest BCUT2D eigenvalue weighted by Crippen LogP contribution is -2.44. The maximum Gasteiger partial charge on any atom is 0.271 e. The van der Waals surface area contributed by atoms with Gasteiger partial charge in [0.15, 0.2) is 0 Å². The molecule has 2 amide bonds. The van der Waals surface area contributed by atoms with Crippen molar-refractivity contribution in [3.8, 4) is 0 Å². The Balaban J connectivity index is 2.00. The van der Waals surface area contributed by atoms with Crippen LogP contribution < -0.4 is 5.73 Å². The predicted molar refractivity (Wildman–Crippen MR) is 90.1 cm³/mol. The average Bonchev–Trinajstić information content (AvgIpc) is 3.18. The van der Waals surface area contributed by atoms with Gasteiger partial charge in [0.2, 0.25) is 5.91 Å². The Labute approximate surface area is 136 Å². The Morgan fingerprint density at radius 3 is 2.61 bits per heavy atom. The highest BCUT2D eigenvalue weighted by Gasteiger charge is 2.30. The van der Waals surface area contributed by atoms with Crippen LogP contribution in [0.2, 0.25) is 0 Å². The van der Waals surface area contributed by atoms with Crippen LogP contribution in [0.15, 0.2) is 30.3 Å². The van der Waals surface area contributed by atoms with Crippen molar-refractivity contribution in [1.82, 2.24) is 9.47 Å². The molecule has 1 aromatic heterocycles. The largest absolute Gasteiger partial charge is 0.368 e. The third kappa shape index (κ3) is 2.96. The molecule has 2 N–H and O–H groups in total. The van der Waals surface area contributed by atoms with Gasteiger partial charge >= 0.3 is 0 Å². The molecular weight excluding hydrogens is 290 g/mol. The van der Waals surface area contributed by atoms with Gasteiger partial charge in [0.1, 0.15) is 5.69 Å². The minimum atomic E-state index is -0.454. The topological polar surface area (TPSA) is 68.3 Å². The third-order valence-electron chi connectivity index (χ3n) is 4.70. The molecule has 0 bridgehead atoms. The number of carbonyl (C=O) groups excluding carboxylic acids is 2.